The van der Waals surface area contributed by atoms with Gasteiger partial charge in [-0.2, -0.15) is 0 Å². The van der Waals surface area contributed by atoms with Crippen LogP contribution >= 0.6 is 0 Å². The van der Waals surface area contributed by atoms with Crippen molar-refractivity contribution in [2.24, 2.45) is 40.4 Å². The number of carbonyl (C=O) groups is 2. The minimum atomic E-state index is -0.759. The Hall–Kier alpha value is -1.92. The van der Waals surface area contributed by atoms with Crippen LogP contribution in [0.1, 0.15) is 83.0 Å². The Labute approximate surface area is 228 Å². The van der Waals surface area contributed by atoms with E-state index in [0.29, 0.717) is 41.2 Å². The predicted molar refractivity (Wildman–Crippen MR) is 148 cm³/mol. The van der Waals surface area contributed by atoms with Gasteiger partial charge in [0.25, 0.3) is 5.91 Å². The lowest BCUT2D eigenvalue weighted by Gasteiger charge is -2.63. The maximum absolute atomic E-state index is 13.1. The van der Waals surface area contributed by atoms with Gasteiger partial charge in [-0.15, -0.1) is 0 Å². The van der Waals surface area contributed by atoms with Crippen LogP contribution in [0.15, 0.2) is 30.3 Å². The lowest BCUT2D eigenvalue weighted by molar-refractivity contribution is -0.195. The molecular weight excluding hydrogens is 476 g/mol. The molecule has 11 atom stereocenters. The number of carbonyl (C=O) groups excluding carboxylic acids is 2. The number of aliphatic hydroxyl groups is 1. The van der Waals surface area contributed by atoms with Gasteiger partial charge in [0, 0.05) is 24.4 Å². The second-order valence-electron chi connectivity index (χ2n) is 13.7. The molecule has 0 saturated heterocycles. The second-order valence-corrected chi connectivity index (χ2v) is 13.7. The highest BCUT2D eigenvalue weighted by Crippen LogP contribution is 2.68. The molecule has 6 nitrogen and oxygen atoms in total. The van der Waals surface area contributed by atoms with Gasteiger partial charge in [-0.05, 0) is 113 Å². The van der Waals surface area contributed by atoms with Crippen LogP contribution in [0, 0.1) is 40.4 Å². The third kappa shape index (κ3) is 4.50. The fraction of sp³-hybridized carbons (Fsp3) is 0.750. The molecule has 0 bridgehead atoms. The number of nitrogens with zero attached hydrogens (tertiary/aromatic N) is 1. The molecular formula is C32H48N2O4. The van der Waals surface area contributed by atoms with Gasteiger partial charge in [-0.3, -0.25) is 9.59 Å². The molecule has 0 aliphatic heterocycles. The van der Waals surface area contributed by atoms with E-state index in [4.69, 9.17) is 4.74 Å². The van der Waals surface area contributed by atoms with E-state index >= 15 is 0 Å². The van der Waals surface area contributed by atoms with Crippen LogP contribution in [0.25, 0.3) is 0 Å². The Kier molecular flexibility index (Phi) is 7.45. The first-order chi connectivity index (χ1) is 18.0. The zero-order valence-electron chi connectivity index (χ0n) is 24.2. The Morgan fingerprint density at radius 3 is 2.32 bits per heavy atom. The van der Waals surface area contributed by atoms with Crippen LogP contribution in [-0.4, -0.2) is 60.3 Å². The molecule has 2 N–H and O–H groups in total. The van der Waals surface area contributed by atoms with E-state index in [9.17, 15) is 14.7 Å². The van der Waals surface area contributed by atoms with E-state index in [0.717, 1.165) is 18.8 Å². The molecule has 38 heavy (non-hydrogen) atoms. The largest absolute Gasteiger partial charge is 0.460 e. The van der Waals surface area contributed by atoms with Crippen molar-refractivity contribution >= 4 is 11.9 Å². The maximum Gasteiger partial charge on any atom is 0.302 e. The third-order valence-electron chi connectivity index (χ3n) is 11.9. The van der Waals surface area contributed by atoms with Gasteiger partial charge in [0.05, 0.1) is 12.1 Å². The maximum atomic E-state index is 13.1. The molecule has 0 heterocycles. The average Bonchev–Trinajstić information content (AvgIpc) is 3.22. The normalized spacial score (nSPS) is 42.9. The van der Waals surface area contributed by atoms with Crippen molar-refractivity contribution in [1.29, 1.82) is 0 Å². The number of amides is 1. The molecule has 0 spiro atoms. The summed E-state index contributed by atoms with van der Waals surface area (Å²) in [5.74, 6) is 2.13. The first kappa shape index (κ1) is 27.6. The van der Waals surface area contributed by atoms with Crippen molar-refractivity contribution in [1.82, 2.24) is 10.2 Å². The summed E-state index contributed by atoms with van der Waals surface area (Å²) in [4.78, 5) is 27.8. The monoisotopic (exact) mass is 524 g/mol. The molecule has 4 fully saturated rings. The van der Waals surface area contributed by atoms with Crippen molar-refractivity contribution in [2.45, 2.75) is 96.9 Å². The lowest BCUT2D eigenvalue weighted by Crippen LogP contribution is -2.66. The summed E-state index contributed by atoms with van der Waals surface area (Å²) in [6.45, 7) is 8.75. The van der Waals surface area contributed by atoms with Gasteiger partial charge in [-0.1, -0.05) is 32.0 Å². The SMILES string of the molecule is CC(=O)OC1C(NC(=O)c2ccccc2)C(O)CC2(C)C3CCC4(C)C(CCC4C(C)N(C)C)C3CCC12. The van der Waals surface area contributed by atoms with Crippen LogP contribution in [0.4, 0.5) is 0 Å². The van der Waals surface area contributed by atoms with E-state index in [1.807, 2.05) is 18.2 Å². The van der Waals surface area contributed by atoms with E-state index in [1.165, 1.54) is 32.6 Å². The smallest absolute Gasteiger partial charge is 0.302 e. The average molecular weight is 525 g/mol. The Bertz CT molecular complexity index is 1030. The zero-order chi connectivity index (χ0) is 27.4. The Morgan fingerprint density at radius 1 is 1.00 bits per heavy atom. The van der Waals surface area contributed by atoms with E-state index in [1.54, 1.807) is 12.1 Å². The third-order valence-corrected chi connectivity index (χ3v) is 11.9. The van der Waals surface area contributed by atoms with Crippen molar-refractivity contribution < 1.29 is 19.4 Å². The number of aliphatic hydroxyl groups excluding tert-OH is 1. The van der Waals surface area contributed by atoms with Crippen LogP contribution in [0.3, 0.4) is 0 Å². The number of hydrogen-bond donors (Lipinski definition) is 2. The van der Waals surface area contributed by atoms with E-state index < -0.39 is 18.2 Å². The summed E-state index contributed by atoms with van der Waals surface area (Å²) in [6, 6.07) is 9.05. The number of esters is 1. The highest BCUT2D eigenvalue weighted by Gasteiger charge is 2.64. The van der Waals surface area contributed by atoms with Crippen molar-refractivity contribution in [2.75, 3.05) is 14.1 Å². The van der Waals surface area contributed by atoms with E-state index in [-0.39, 0.29) is 23.2 Å². The molecule has 6 heteroatoms. The summed E-state index contributed by atoms with van der Waals surface area (Å²) in [5.41, 5.74) is 0.791. The Morgan fingerprint density at radius 2 is 1.66 bits per heavy atom. The molecule has 210 valence electrons. The number of hydrogen-bond acceptors (Lipinski definition) is 5. The summed E-state index contributed by atoms with van der Waals surface area (Å²) in [5, 5.41) is 14.6. The van der Waals surface area contributed by atoms with Gasteiger partial charge in [-0.25, -0.2) is 0 Å². The molecule has 1 aromatic rings. The highest BCUT2D eigenvalue weighted by molar-refractivity contribution is 5.94. The van der Waals surface area contributed by atoms with Gasteiger partial charge in [0.15, 0.2) is 0 Å². The summed E-state index contributed by atoms with van der Waals surface area (Å²) in [7, 11) is 4.43. The van der Waals surface area contributed by atoms with Gasteiger partial charge in [0.2, 0.25) is 0 Å². The molecule has 4 aliphatic rings. The van der Waals surface area contributed by atoms with E-state index in [2.05, 4.69) is 45.1 Å². The van der Waals surface area contributed by atoms with Gasteiger partial charge >= 0.3 is 5.97 Å². The number of fused-ring (bicyclic) bond motifs is 5. The minimum absolute atomic E-state index is 0.122. The fourth-order valence-electron chi connectivity index (χ4n) is 9.92. The highest BCUT2D eigenvalue weighted by atomic mass is 16.5. The molecule has 4 saturated carbocycles. The first-order valence-corrected chi connectivity index (χ1v) is 14.8. The van der Waals surface area contributed by atoms with Crippen molar-refractivity contribution in [3.8, 4) is 0 Å². The first-order valence-electron chi connectivity index (χ1n) is 14.8. The van der Waals surface area contributed by atoms with Crippen LogP contribution in [0.5, 0.6) is 0 Å². The summed E-state index contributed by atoms with van der Waals surface area (Å²) >= 11 is 0. The number of rotatable bonds is 5. The quantitative estimate of drug-likeness (QED) is 0.536. The fourth-order valence-corrected chi connectivity index (χ4v) is 9.92. The van der Waals surface area contributed by atoms with Crippen LogP contribution in [-0.2, 0) is 9.53 Å². The minimum Gasteiger partial charge on any atom is -0.460 e. The number of ether oxygens (including phenoxy) is 1. The van der Waals surface area contributed by atoms with Crippen LogP contribution < -0.4 is 5.32 Å². The zero-order valence-corrected chi connectivity index (χ0v) is 24.2. The van der Waals surface area contributed by atoms with Crippen molar-refractivity contribution in [3.05, 3.63) is 35.9 Å². The standard InChI is InChI=1S/C32H48N2O4/c1-19(34(5)6)23-14-15-24-22-12-13-26-29(38-20(2)35)28(33-30(37)21-10-8-7-9-11-21)27(36)18-32(26,4)25(22)16-17-31(23,24)3/h7-11,19,22-29,36H,12-18H2,1-6H3,(H,33,37). The molecule has 1 amide bonds. The molecule has 0 aromatic heterocycles. The van der Waals surface area contributed by atoms with Gasteiger partial charge < -0.3 is 20.1 Å². The molecule has 11 unspecified atom stereocenters. The molecule has 0 radical (unpaired) electrons. The van der Waals surface area contributed by atoms with Crippen LogP contribution in [0.2, 0.25) is 0 Å². The Balaban J connectivity index is 1.41. The molecule has 1 aromatic carbocycles. The summed E-state index contributed by atoms with van der Waals surface area (Å²) in [6.07, 6.45) is 6.47. The predicted octanol–water partition coefficient (Wildman–Crippen LogP) is 4.91. The summed E-state index contributed by atoms with van der Waals surface area (Å²) < 4.78 is 5.99. The number of benzene rings is 1. The van der Waals surface area contributed by atoms with Gasteiger partial charge in [0.1, 0.15) is 6.10 Å². The molecule has 5 rings (SSSR count). The number of nitrogens with one attached hydrogen (secondary N) is 1. The van der Waals surface area contributed by atoms with Crippen molar-refractivity contribution in [3.63, 3.8) is 0 Å². The molecule has 4 aliphatic carbocycles. The second kappa shape index (κ2) is 10.2. The lowest BCUT2D eigenvalue weighted by atomic mass is 9.43. The topological polar surface area (TPSA) is 78.9 Å².